The fourth-order valence-corrected chi connectivity index (χ4v) is 3.61. The molecular formula is C25H50NO4+. The smallest absolute Gasteiger partial charge is 0.305 e. The molecule has 0 atom stereocenters. The second-order valence-electron chi connectivity index (χ2n) is 8.79. The minimum absolute atomic E-state index is 0.0688. The first-order chi connectivity index (χ1) is 14.6. The molecule has 0 aliphatic heterocycles. The van der Waals surface area contributed by atoms with Crippen molar-refractivity contribution in [1.29, 1.82) is 0 Å². The molecule has 0 spiro atoms. The summed E-state index contributed by atoms with van der Waals surface area (Å²) in [5.41, 5.74) is 0. The van der Waals surface area contributed by atoms with Crippen LogP contribution in [0.15, 0.2) is 12.2 Å². The first-order valence-corrected chi connectivity index (χ1v) is 12.4. The van der Waals surface area contributed by atoms with Crippen LogP contribution in [0.4, 0.5) is 0 Å². The topological polar surface area (TPSA) is 66.8 Å². The molecule has 0 aromatic rings. The molecule has 2 N–H and O–H groups in total. The number of hydrogen-bond donors (Lipinski definition) is 2. The van der Waals surface area contributed by atoms with Gasteiger partial charge in [0.05, 0.1) is 20.3 Å². The molecule has 0 unspecified atom stereocenters. The molecular weight excluding hydrogens is 378 g/mol. The van der Waals surface area contributed by atoms with Crippen LogP contribution in [-0.2, 0) is 9.53 Å². The molecule has 178 valence electrons. The Bertz CT molecular complexity index is 406. The van der Waals surface area contributed by atoms with Gasteiger partial charge < -0.3 is 19.4 Å². The first kappa shape index (κ1) is 29.1. The number of esters is 1. The van der Waals surface area contributed by atoms with E-state index in [1.54, 1.807) is 0 Å². The Morgan fingerprint density at radius 1 is 0.767 bits per heavy atom. The summed E-state index contributed by atoms with van der Waals surface area (Å²) in [5, 5.41) is 18.3. The van der Waals surface area contributed by atoms with Crippen molar-refractivity contribution < 1.29 is 24.2 Å². The number of allylic oxidation sites excluding steroid dienone is 2. The van der Waals surface area contributed by atoms with Gasteiger partial charge in [0, 0.05) is 6.42 Å². The molecule has 0 fully saturated rings. The van der Waals surface area contributed by atoms with Gasteiger partial charge in [0.2, 0.25) is 0 Å². The number of aliphatic hydroxyl groups excluding tert-OH is 2. The van der Waals surface area contributed by atoms with Crippen LogP contribution in [-0.4, -0.2) is 67.2 Å². The van der Waals surface area contributed by atoms with Gasteiger partial charge in [-0.05, 0) is 32.1 Å². The number of ether oxygens (including phenoxy) is 1. The Morgan fingerprint density at radius 3 is 1.80 bits per heavy atom. The van der Waals surface area contributed by atoms with Crippen molar-refractivity contribution in [1.82, 2.24) is 0 Å². The van der Waals surface area contributed by atoms with Crippen LogP contribution >= 0.6 is 0 Å². The largest absolute Gasteiger partial charge is 0.460 e. The highest BCUT2D eigenvalue weighted by atomic mass is 16.5. The van der Waals surface area contributed by atoms with Crippen molar-refractivity contribution in [2.75, 3.05) is 46.5 Å². The Morgan fingerprint density at radius 2 is 1.27 bits per heavy atom. The van der Waals surface area contributed by atoms with Crippen LogP contribution in [0, 0.1) is 0 Å². The van der Waals surface area contributed by atoms with E-state index in [9.17, 15) is 4.79 Å². The van der Waals surface area contributed by atoms with Gasteiger partial charge in [-0.1, -0.05) is 70.4 Å². The molecule has 0 rings (SSSR count). The fourth-order valence-electron chi connectivity index (χ4n) is 3.61. The predicted molar refractivity (Wildman–Crippen MR) is 125 cm³/mol. The number of carbonyl (C=O) groups is 1. The molecule has 0 aliphatic carbocycles. The molecule has 0 radical (unpaired) electrons. The van der Waals surface area contributed by atoms with Gasteiger partial charge in [-0.3, -0.25) is 4.79 Å². The Kier molecular flexibility index (Phi) is 20.7. The molecule has 0 heterocycles. The van der Waals surface area contributed by atoms with Crippen LogP contribution in [0.25, 0.3) is 0 Å². The zero-order chi connectivity index (χ0) is 22.3. The van der Waals surface area contributed by atoms with Gasteiger partial charge >= 0.3 is 5.97 Å². The van der Waals surface area contributed by atoms with Gasteiger partial charge in [-0.2, -0.15) is 0 Å². The third-order valence-electron chi connectivity index (χ3n) is 5.82. The zero-order valence-corrected chi connectivity index (χ0v) is 20.0. The number of likely N-dealkylation sites (N-methyl/N-ethyl adjacent to an activating group) is 1. The maximum atomic E-state index is 11.8. The number of unbranched alkanes of at least 4 members (excludes halogenated alkanes) is 11. The molecule has 0 saturated heterocycles. The minimum Gasteiger partial charge on any atom is -0.460 e. The minimum atomic E-state index is -0.132. The van der Waals surface area contributed by atoms with E-state index >= 15 is 0 Å². The summed E-state index contributed by atoms with van der Waals surface area (Å²) in [5.74, 6) is -0.132. The summed E-state index contributed by atoms with van der Waals surface area (Å²) in [6.45, 7) is 4.49. The summed E-state index contributed by atoms with van der Waals surface area (Å²) in [6, 6.07) is 0. The molecule has 0 aromatic carbocycles. The SMILES string of the molecule is CCCCCCCC/C=C/CCCCCCCC(=O)OCC[N+](C)(CCO)CCO. The lowest BCUT2D eigenvalue weighted by molar-refractivity contribution is -0.910. The summed E-state index contributed by atoms with van der Waals surface area (Å²) >= 11 is 0. The van der Waals surface area contributed by atoms with E-state index in [-0.39, 0.29) is 19.2 Å². The second kappa shape index (κ2) is 21.3. The Hall–Kier alpha value is -0.910. The van der Waals surface area contributed by atoms with E-state index in [4.69, 9.17) is 14.9 Å². The van der Waals surface area contributed by atoms with Gasteiger partial charge in [0.1, 0.15) is 26.2 Å². The number of nitrogens with zero attached hydrogens (tertiary/aromatic N) is 1. The molecule has 5 nitrogen and oxygen atoms in total. The lowest BCUT2D eigenvalue weighted by Crippen LogP contribution is -2.50. The van der Waals surface area contributed by atoms with Crippen LogP contribution in [0.1, 0.15) is 96.8 Å². The van der Waals surface area contributed by atoms with E-state index in [0.29, 0.717) is 37.1 Å². The highest BCUT2D eigenvalue weighted by molar-refractivity contribution is 5.69. The van der Waals surface area contributed by atoms with Crippen molar-refractivity contribution >= 4 is 5.97 Å². The van der Waals surface area contributed by atoms with E-state index < -0.39 is 0 Å². The van der Waals surface area contributed by atoms with E-state index in [1.807, 2.05) is 7.05 Å². The maximum absolute atomic E-state index is 11.8. The van der Waals surface area contributed by atoms with Crippen LogP contribution in [0.3, 0.4) is 0 Å². The second-order valence-corrected chi connectivity index (χ2v) is 8.79. The summed E-state index contributed by atoms with van der Waals surface area (Å²) in [6.07, 6.45) is 21.4. The third-order valence-corrected chi connectivity index (χ3v) is 5.82. The van der Waals surface area contributed by atoms with Crippen LogP contribution in [0.2, 0.25) is 0 Å². The molecule has 0 saturated carbocycles. The molecule has 0 aliphatic rings. The Balaban J connectivity index is 3.47. The monoisotopic (exact) mass is 428 g/mol. The molecule has 0 aromatic heterocycles. The third kappa shape index (κ3) is 19.1. The summed E-state index contributed by atoms with van der Waals surface area (Å²) < 4.78 is 5.84. The predicted octanol–water partition coefficient (Wildman–Crippen LogP) is 5.00. The molecule has 5 heteroatoms. The normalized spacial score (nSPS) is 12.0. The van der Waals surface area contributed by atoms with Gasteiger partial charge in [0.15, 0.2) is 0 Å². The standard InChI is InChI=1S/C25H50NO4/c1-3-4-5-6-7-8-9-10-11-12-13-14-15-16-17-18-25(29)30-24-21-26(2,19-22-27)20-23-28/h10-11,27-28H,3-9,12-24H2,1-2H3/q+1/b11-10+. The quantitative estimate of drug-likeness (QED) is 0.110. The molecule has 0 bridgehead atoms. The average molecular weight is 429 g/mol. The average Bonchev–Trinajstić information content (AvgIpc) is 2.71. The Labute approximate surface area is 186 Å². The number of aliphatic hydroxyl groups is 2. The van der Waals surface area contributed by atoms with Crippen molar-refractivity contribution in [2.24, 2.45) is 0 Å². The van der Waals surface area contributed by atoms with Gasteiger partial charge in [-0.15, -0.1) is 0 Å². The van der Waals surface area contributed by atoms with E-state index in [0.717, 1.165) is 12.8 Å². The van der Waals surface area contributed by atoms with Crippen molar-refractivity contribution in [3.05, 3.63) is 12.2 Å². The fraction of sp³-hybridized carbons (Fsp3) is 0.880. The van der Waals surface area contributed by atoms with Crippen LogP contribution < -0.4 is 0 Å². The van der Waals surface area contributed by atoms with Crippen molar-refractivity contribution in [3.8, 4) is 0 Å². The number of quaternary nitrogens is 1. The summed E-state index contributed by atoms with van der Waals surface area (Å²) in [4.78, 5) is 11.8. The highest BCUT2D eigenvalue weighted by Gasteiger charge is 2.20. The van der Waals surface area contributed by atoms with Gasteiger partial charge in [0.25, 0.3) is 0 Å². The number of hydrogen-bond acceptors (Lipinski definition) is 4. The molecule has 0 amide bonds. The number of carbonyl (C=O) groups excluding carboxylic acids is 1. The zero-order valence-electron chi connectivity index (χ0n) is 20.0. The maximum Gasteiger partial charge on any atom is 0.305 e. The lowest BCUT2D eigenvalue weighted by Gasteiger charge is -2.33. The van der Waals surface area contributed by atoms with Gasteiger partial charge in [-0.25, -0.2) is 0 Å². The lowest BCUT2D eigenvalue weighted by atomic mass is 10.1. The van der Waals surface area contributed by atoms with E-state index in [2.05, 4.69) is 19.1 Å². The van der Waals surface area contributed by atoms with Crippen molar-refractivity contribution in [3.63, 3.8) is 0 Å². The van der Waals surface area contributed by atoms with Crippen molar-refractivity contribution in [2.45, 2.75) is 96.8 Å². The summed E-state index contributed by atoms with van der Waals surface area (Å²) in [7, 11) is 1.96. The van der Waals surface area contributed by atoms with E-state index in [1.165, 1.54) is 70.6 Å². The highest BCUT2D eigenvalue weighted by Crippen LogP contribution is 2.10. The van der Waals surface area contributed by atoms with Crippen LogP contribution in [0.5, 0.6) is 0 Å². The number of rotatable bonds is 22. The molecule has 30 heavy (non-hydrogen) atoms. The first-order valence-electron chi connectivity index (χ1n) is 12.4.